The minimum absolute atomic E-state index is 0.0184. The van der Waals surface area contributed by atoms with E-state index in [1.165, 1.54) is 193 Å². The third-order valence-electron chi connectivity index (χ3n) is 12.0. The van der Waals surface area contributed by atoms with Crippen molar-refractivity contribution >= 4 is 11.9 Å². The maximum absolute atomic E-state index is 12.4. The number of nitrogens with one attached hydrogen (secondary N) is 1. The number of hydrogen-bond acceptors (Lipinski definition) is 5. The summed E-state index contributed by atoms with van der Waals surface area (Å²) in [5.41, 5.74) is 0. The van der Waals surface area contributed by atoms with Crippen molar-refractivity contribution in [3.8, 4) is 0 Å². The van der Waals surface area contributed by atoms with E-state index >= 15 is 0 Å². The number of amides is 1. The molecule has 0 bridgehead atoms. The van der Waals surface area contributed by atoms with E-state index in [0.717, 1.165) is 57.8 Å². The topological polar surface area (TPSA) is 95.9 Å². The van der Waals surface area contributed by atoms with E-state index in [9.17, 15) is 19.8 Å². The number of allylic oxidation sites excluding steroid dienone is 3. The molecular weight excluding hydrogens is 731 g/mol. The van der Waals surface area contributed by atoms with Crippen LogP contribution < -0.4 is 5.32 Å². The van der Waals surface area contributed by atoms with Gasteiger partial charge < -0.3 is 20.3 Å². The van der Waals surface area contributed by atoms with Crippen LogP contribution in [0.2, 0.25) is 0 Å². The van der Waals surface area contributed by atoms with E-state index in [2.05, 4.69) is 31.3 Å². The summed E-state index contributed by atoms with van der Waals surface area (Å²) < 4.78 is 5.46. The zero-order chi connectivity index (χ0) is 43.0. The molecule has 0 radical (unpaired) electrons. The van der Waals surface area contributed by atoms with E-state index in [4.69, 9.17) is 4.74 Å². The predicted molar refractivity (Wildman–Crippen MR) is 255 cm³/mol. The van der Waals surface area contributed by atoms with Crippen LogP contribution in [0.5, 0.6) is 0 Å². The maximum atomic E-state index is 12.4. The van der Waals surface area contributed by atoms with Crippen LogP contribution in [0.25, 0.3) is 0 Å². The molecule has 0 aromatic heterocycles. The van der Waals surface area contributed by atoms with Crippen LogP contribution in [0, 0.1) is 0 Å². The number of aliphatic hydroxyl groups is 2. The molecule has 59 heavy (non-hydrogen) atoms. The molecule has 0 aromatic carbocycles. The van der Waals surface area contributed by atoms with Gasteiger partial charge in [-0.25, -0.2) is 0 Å². The van der Waals surface area contributed by atoms with Crippen LogP contribution in [0.1, 0.15) is 277 Å². The Kier molecular flexibility index (Phi) is 47.6. The maximum Gasteiger partial charge on any atom is 0.305 e. The van der Waals surface area contributed by atoms with Crippen LogP contribution in [0.4, 0.5) is 0 Å². The summed E-state index contributed by atoms with van der Waals surface area (Å²) in [6, 6.07) is -0.639. The van der Waals surface area contributed by atoms with Crippen molar-refractivity contribution in [2.75, 3.05) is 13.2 Å². The fourth-order valence-electron chi connectivity index (χ4n) is 7.92. The Morgan fingerprint density at radius 3 is 1.20 bits per heavy atom. The molecule has 6 heteroatoms. The molecule has 0 aliphatic rings. The smallest absolute Gasteiger partial charge is 0.305 e. The van der Waals surface area contributed by atoms with E-state index in [-0.39, 0.29) is 18.5 Å². The zero-order valence-electron chi connectivity index (χ0n) is 39.5. The predicted octanol–water partition coefficient (Wildman–Crippen LogP) is 15.5. The first-order valence-electron chi connectivity index (χ1n) is 26.1. The van der Waals surface area contributed by atoms with Crippen molar-refractivity contribution in [1.29, 1.82) is 0 Å². The summed E-state index contributed by atoms with van der Waals surface area (Å²) in [7, 11) is 0. The number of esters is 1. The number of carbonyl (C=O) groups excluding carboxylic acids is 2. The van der Waals surface area contributed by atoms with Crippen molar-refractivity contribution < 1.29 is 24.5 Å². The lowest BCUT2D eigenvalue weighted by Gasteiger charge is -2.20. The van der Waals surface area contributed by atoms with Crippen molar-refractivity contribution in [1.82, 2.24) is 5.32 Å². The molecule has 0 heterocycles. The molecule has 0 aliphatic carbocycles. The fraction of sp³-hybridized carbons (Fsp3) is 0.887. The highest BCUT2D eigenvalue weighted by atomic mass is 16.5. The van der Waals surface area contributed by atoms with Gasteiger partial charge in [-0.15, -0.1) is 0 Å². The summed E-state index contributed by atoms with van der Waals surface area (Å²) in [5, 5.41) is 23.0. The molecule has 2 unspecified atom stereocenters. The normalized spacial score (nSPS) is 12.8. The van der Waals surface area contributed by atoms with Gasteiger partial charge in [0.05, 0.1) is 25.4 Å². The zero-order valence-corrected chi connectivity index (χ0v) is 39.5. The Morgan fingerprint density at radius 2 is 0.797 bits per heavy atom. The van der Waals surface area contributed by atoms with Gasteiger partial charge in [0.2, 0.25) is 5.91 Å². The molecule has 0 rings (SSSR count). The van der Waals surface area contributed by atoms with Gasteiger partial charge in [-0.2, -0.15) is 0 Å². The third-order valence-corrected chi connectivity index (χ3v) is 12.0. The molecule has 2 atom stereocenters. The lowest BCUT2D eigenvalue weighted by Crippen LogP contribution is -2.45. The quantitative estimate of drug-likeness (QED) is 0.0322. The Labute approximate surface area is 367 Å². The van der Waals surface area contributed by atoms with Crippen LogP contribution in [0.3, 0.4) is 0 Å². The van der Waals surface area contributed by atoms with Gasteiger partial charge in [-0.1, -0.05) is 231 Å². The molecule has 3 N–H and O–H groups in total. The highest BCUT2D eigenvalue weighted by molar-refractivity contribution is 5.76. The molecule has 0 aliphatic heterocycles. The number of rotatable bonds is 48. The SMILES string of the molecule is CCCCCCCCC/C=C\CCCCCCCC(=O)OCCCCCCCCCCCCCCC(=O)NC(CO)C(O)/C=C/CCCCCCCCCCCCCC. The molecule has 1 amide bonds. The summed E-state index contributed by atoms with van der Waals surface area (Å²) in [4.78, 5) is 24.5. The highest BCUT2D eigenvalue weighted by Gasteiger charge is 2.18. The summed E-state index contributed by atoms with van der Waals surface area (Å²) >= 11 is 0. The minimum atomic E-state index is -0.854. The second-order valence-corrected chi connectivity index (χ2v) is 17.9. The number of unbranched alkanes of at least 4 members (excludes halogenated alkanes) is 35. The average molecular weight is 832 g/mol. The van der Waals surface area contributed by atoms with Crippen LogP contribution in [0.15, 0.2) is 24.3 Å². The average Bonchev–Trinajstić information content (AvgIpc) is 3.24. The fourth-order valence-corrected chi connectivity index (χ4v) is 7.92. The first-order chi connectivity index (χ1) is 29.0. The van der Waals surface area contributed by atoms with E-state index in [0.29, 0.717) is 19.4 Å². The number of ether oxygens (including phenoxy) is 1. The van der Waals surface area contributed by atoms with Crippen molar-refractivity contribution in [2.24, 2.45) is 0 Å². The standard InChI is InChI=1S/C53H101NO5/c1-3-5-7-9-11-13-15-17-19-20-22-27-31-35-39-43-47-53(58)59-48-44-40-36-32-28-24-23-26-30-34-38-42-46-52(57)54-50(49-55)51(56)45-41-37-33-29-25-21-18-16-14-12-10-8-6-4-2/h19-20,41,45,50-51,55-56H,3-18,21-40,42-44,46-49H2,1-2H3,(H,54,57)/b20-19-,45-41+. The van der Waals surface area contributed by atoms with Gasteiger partial charge in [0.1, 0.15) is 0 Å². The third kappa shape index (κ3) is 45.7. The summed E-state index contributed by atoms with van der Waals surface area (Å²) in [6.07, 6.45) is 57.4. The molecule has 6 nitrogen and oxygen atoms in total. The largest absolute Gasteiger partial charge is 0.466 e. The first kappa shape index (κ1) is 57.3. The Balaban J connectivity index is 3.49. The molecule has 0 aromatic rings. The van der Waals surface area contributed by atoms with Gasteiger partial charge in [0.15, 0.2) is 0 Å². The van der Waals surface area contributed by atoms with Gasteiger partial charge in [0.25, 0.3) is 0 Å². The van der Waals surface area contributed by atoms with Crippen LogP contribution >= 0.6 is 0 Å². The molecule has 0 saturated heterocycles. The lowest BCUT2D eigenvalue weighted by molar-refractivity contribution is -0.143. The van der Waals surface area contributed by atoms with Crippen molar-refractivity contribution in [3.63, 3.8) is 0 Å². The van der Waals surface area contributed by atoms with E-state index in [1.807, 2.05) is 6.08 Å². The minimum Gasteiger partial charge on any atom is -0.466 e. The number of hydrogen-bond donors (Lipinski definition) is 3. The lowest BCUT2D eigenvalue weighted by atomic mass is 10.0. The Morgan fingerprint density at radius 1 is 0.458 bits per heavy atom. The van der Waals surface area contributed by atoms with Crippen molar-refractivity contribution in [2.45, 2.75) is 289 Å². The number of carbonyl (C=O) groups is 2. The summed E-state index contributed by atoms with van der Waals surface area (Å²) in [5.74, 6) is -0.102. The Bertz CT molecular complexity index is 920. The second-order valence-electron chi connectivity index (χ2n) is 17.9. The second kappa shape index (κ2) is 49.0. The van der Waals surface area contributed by atoms with Gasteiger partial charge in [-0.05, 0) is 57.8 Å². The number of aliphatic hydroxyl groups excluding tert-OH is 2. The van der Waals surface area contributed by atoms with Gasteiger partial charge >= 0.3 is 5.97 Å². The van der Waals surface area contributed by atoms with Crippen LogP contribution in [-0.4, -0.2) is 47.4 Å². The van der Waals surface area contributed by atoms with Gasteiger partial charge in [-0.3, -0.25) is 9.59 Å². The first-order valence-corrected chi connectivity index (χ1v) is 26.1. The van der Waals surface area contributed by atoms with Crippen molar-refractivity contribution in [3.05, 3.63) is 24.3 Å². The molecular formula is C53H101NO5. The molecule has 0 spiro atoms. The van der Waals surface area contributed by atoms with Gasteiger partial charge in [0, 0.05) is 12.8 Å². The Hall–Kier alpha value is -1.66. The molecule has 0 fully saturated rings. The molecule has 348 valence electrons. The van der Waals surface area contributed by atoms with E-state index in [1.54, 1.807) is 6.08 Å². The monoisotopic (exact) mass is 832 g/mol. The van der Waals surface area contributed by atoms with Crippen LogP contribution in [-0.2, 0) is 14.3 Å². The molecule has 0 saturated carbocycles. The summed E-state index contributed by atoms with van der Waals surface area (Å²) in [6.45, 7) is 4.86. The highest BCUT2D eigenvalue weighted by Crippen LogP contribution is 2.16. The van der Waals surface area contributed by atoms with E-state index < -0.39 is 12.1 Å².